The highest BCUT2D eigenvalue weighted by molar-refractivity contribution is 5.63. The maximum Gasteiger partial charge on any atom is 0.418 e. The first kappa shape index (κ1) is 13.6. The Bertz CT molecular complexity index is 465. The molecule has 0 heterocycles. The van der Waals surface area contributed by atoms with E-state index in [0.29, 0.717) is 0 Å². The van der Waals surface area contributed by atoms with Gasteiger partial charge in [0.2, 0.25) is 0 Å². The fourth-order valence-corrected chi connectivity index (χ4v) is 3.00. The monoisotopic (exact) mass is 260 g/mol. The summed E-state index contributed by atoms with van der Waals surface area (Å²) in [6.07, 6.45) is 9.25. The van der Waals surface area contributed by atoms with Crippen molar-refractivity contribution >= 4 is 12.2 Å². The predicted octanol–water partition coefficient (Wildman–Crippen LogP) is 3.11. The molecule has 4 N–H and O–H groups in total. The van der Waals surface area contributed by atoms with E-state index in [9.17, 15) is 0 Å². The van der Waals surface area contributed by atoms with Crippen molar-refractivity contribution in [3.8, 4) is 0 Å². The molecule has 1 aromatic carbocycles. The molecule has 1 fully saturated rings. The minimum atomic E-state index is -1.22. The van der Waals surface area contributed by atoms with Gasteiger partial charge >= 0.3 is 6.09 Å². The maximum absolute atomic E-state index is 9.13. The Morgan fingerprint density at radius 2 is 1.89 bits per heavy atom. The number of benzene rings is 1. The van der Waals surface area contributed by atoms with E-state index in [-0.39, 0.29) is 0 Å². The lowest BCUT2D eigenvalue weighted by Crippen LogP contribution is -2.27. The van der Waals surface area contributed by atoms with E-state index in [1.165, 1.54) is 36.7 Å². The van der Waals surface area contributed by atoms with Gasteiger partial charge in [-0.2, -0.15) is 0 Å². The number of nitrogens with two attached hydrogens (primary N) is 1. The average Bonchev–Trinajstić information content (AvgIpc) is 3.07. The van der Waals surface area contributed by atoms with E-state index < -0.39 is 6.09 Å². The molecule has 0 bridgehead atoms. The number of nitrogens with one attached hydrogen (secondary N) is 1. The van der Waals surface area contributed by atoms with E-state index in [1.54, 1.807) is 5.56 Å². The first-order valence-corrected chi connectivity index (χ1v) is 6.69. The van der Waals surface area contributed by atoms with Gasteiger partial charge in [0.1, 0.15) is 0 Å². The second-order valence-corrected chi connectivity index (χ2v) is 5.01. The van der Waals surface area contributed by atoms with Crippen LogP contribution in [0.1, 0.15) is 42.7 Å². The zero-order valence-corrected chi connectivity index (χ0v) is 10.9. The minimum Gasteiger partial charge on any atom is -0.464 e. The SMILES string of the molecule is C1=CC(C2CCCC2)c2ccccc21.NNC(=O)O. The van der Waals surface area contributed by atoms with Crippen molar-refractivity contribution < 1.29 is 9.90 Å². The normalized spacial score (nSPS) is 20.6. The van der Waals surface area contributed by atoms with E-state index >= 15 is 0 Å². The van der Waals surface area contributed by atoms with E-state index in [1.807, 2.05) is 0 Å². The molecule has 19 heavy (non-hydrogen) atoms. The summed E-state index contributed by atoms with van der Waals surface area (Å²) < 4.78 is 0. The van der Waals surface area contributed by atoms with Gasteiger partial charge in [-0.15, -0.1) is 0 Å². The molecule has 0 aromatic heterocycles. The number of carbonyl (C=O) groups is 1. The van der Waals surface area contributed by atoms with Gasteiger partial charge in [-0.25, -0.2) is 10.6 Å². The molecule has 0 radical (unpaired) electrons. The van der Waals surface area contributed by atoms with Gasteiger partial charge in [0.15, 0.2) is 0 Å². The molecule has 4 heteroatoms. The third-order valence-electron chi connectivity index (χ3n) is 3.87. The van der Waals surface area contributed by atoms with Crippen molar-refractivity contribution in [2.75, 3.05) is 0 Å². The molecule has 4 nitrogen and oxygen atoms in total. The summed E-state index contributed by atoms with van der Waals surface area (Å²) in [4.78, 5) is 9.13. The van der Waals surface area contributed by atoms with Gasteiger partial charge in [-0.05, 0) is 29.9 Å². The van der Waals surface area contributed by atoms with Crippen LogP contribution in [0.4, 0.5) is 4.79 Å². The van der Waals surface area contributed by atoms with Crippen LogP contribution in [-0.2, 0) is 0 Å². The van der Waals surface area contributed by atoms with Crippen LogP contribution in [0.15, 0.2) is 30.3 Å². The molecule has 1 unspecified atom stereocenters. The number of rotatable bonds is 1. The lowest BCUT2D eigenvalue weighted by Gasteiger charge is -2.17. The number of hydrogen-bond donors (Lipinski definition) is 3. The van der Waals surface area contributed by atoms with Crippen molar-refractivity contribution in [3.63, 3.8) is 0 Å². The summed E-state index contributed by atoms with van der Waals surface area (Å²) in [5.74, 6) is 5.98. The van der Waals surface area contributed by atoms with Crippen molar-refractivity contribution in [2.45, 2.75) is 31.6 Å². The van der Waals surface area contributed by atoms with E-state index in [4.69, 9.17) is 9.90 Å². The van der Waals surface area contributed by atoms with Gasteiger partial charge in [-0.3, -0.25) is 5.43 Å². The van der Waals surface area contributed by atoms with Crippen LogP contribution in [-0.4, -0.2) is 11.2 Å². The molecule has 3 rings (SSSR count). The van der Waals surface area contributed by atoms with Crippen molar-refractivity contribution in [2.24, 2.45) is 11.8 Å². The molecular formula is C15H20N2O2. The molecule has 1 saturated carbocycles. The fraction of sp³-hybridized carbons (Fsp3) is 0.400. The number of fused-ring (bicyclic) bond motifs is 1. The molecule has 0 saturated heterocycles. The zero-order chi connectivity index (χ0) is 13.7. The van der Waals surface area contributed by atoms with Crippen LogP contribution in [0.25, 0.3) is 6.08 Å². The Balaban J connectivity index is 0.000000232. The number of allylic oxidation sites excluding steroid dienone is 1. The Hall–Kier alpha value is -1.81. The van der Waals surface area contributed by atoms with Crippen molar-refractivity contribution in [1.29, 1.82) is 0 Å². The first-order chi connectivity index (χ1) is 9.22. The lowest BCUT2D eigenvalue weighted by atomic mass is 9.87. The lowest BCUT2D eigenvalue weighted by molar-refractivity contribution is 0.194. The largest absolute Gasteiger partial charge is 0.464 e. The molecule has 1 amide bonds. The van der Waals surface area contributed by atoms with E-state index in [2.05, 4.69) is 42.3 Å². The highest BCUT2D eigenvalue weighted by Crippen LogP contribution is 2.42. The van der Waals surface area contributed by atoms with Crippen LogP contribution in [0.2, 0.25) is 0 Å². The Morgan fingerprint density at radius 1 is 1.26 bits per heavy atom. The van der Waals surface area contributed by atoms with Gasteiger partial charge in [0, 0.05) is 5.92 Å². The molecule has 1 aromatic rings. The summed E-state index contributed by atoms with van der Waals surface area (Å²) in [7, 11) is 0. The highest BCUT2D eigenvalue weighted by Gasteiger charge is 2.27. The number of amides is 1. The number of hydrogen-bond acceptors (Lipinski definition) is 2. The summed E-state index contributed by atoms with van der Waals surface area (Å²) in [6, 6.07) is 8.85. The zero-order valence-electron chi connectivity index (χ0n) is 10.9. The second kappa shape index (κ2) is 6.38. The number of hydrazine groups is 1. The summed E-state index contributed by atoms with van der Waals surface area (Å²) in [5, 5.41) is 7.49. The first-order valence-electron chi connectivity index (χ1n) is 6.69. The molecule has 0 aliphatic heterocycles. The second-order valence-electron chi connectivity index (χ2n) is 5.01. The quantitative estimate of drug-likeness (QED) is 0.412. The molecule has 0 spiro atoms. The molecule has 102 valence electrons. The van der Waals surface area contributed by atoms with Crippen LogP contribution in [0, 0.1) is 5.92 Å². The van der Waals surface area contributed by atoms with Crippen LogP contribution in [0.5, 0.6) is 0 Å². The topological polar surface area (TPSA) is 75.3 Å². The maximum atomic E-state index is 9.13. The van der Waals surface area contributed by atoms with Gasteiger partial charge in [-0.1, -0.05) is 49.3 Å². The van der Waals surface area contributed by atoms with Gasteiger partial charge in [0.05, 0.1) is 0 Å². The average molecular weight is 260 g/mol. The molecule has 2 aliphatic rings. The summed E-state index contributed by atoms with van der Waals surface area (Å²) in [5.41, 5.74) is 4.46. The van der Waals surface area contributed by atoms with Crippen LogP contribution in [0.3, 0.4) is 0 Å². The van der Waals surface area contributed by atoms with Crippen LogP contribution >= 0.6 is 0 Å². The highest BCUT2D eigenvalue weighted by atomic mass is 16.4. The molecule has 2 aliphatic carbocycles. The number of carboxylic acid groups (broad SMARTS) is 1. The Morgan fingerprint density at radius 3 is 2.53 bits per heavy atom. The molecule has 1 atom stereocenters. The Kier molecular flexibility index (Phi) is 4.58. The van der Waals surface area contributed by atoms with Gasteiger partial charge in [0.25, 0.3) is 0 Å². The predicted molar refractivity (Wildman–Crippen MR) is 75.5 cm³/mol. The third-order valence-corrected chi connectivity index (χ3v) is 3.87. The molecular weight excluding hydrogens is 240 g/mol. The smallest absolute Gasteiger partial charge is 0.418 e. The van der Waals surface area contributed by atoms with Crippen molar-refractivity contribution in [1.82, 2.24) is 5.43 Å². The summed E-state index contributed by atoms with van der Waals surface area (Å²) >= 11 is 0. The van der Waals surface area contributed by atoms with Crippen LogP contribution < -0.4 is 11.3 Å². The van der Waals surface area contributed by atoms with Gasteiger partial charge < -0.3 is 5.11 Å². The Labute approximate surface area is 113 Å². The standard InChI is InChI=1S/C14H16.CH4N2O2/c1-2-6-11(5-1)14-10-9-12-7-3-4-8-13(12)14;2-3-1(4)5/h3-4,7-11,14H,1-2,5-6H2;3H,2H2,(H,4,5). The van der Waals surface area contributed by atoms with E-state index in [0.717, 1.165) is 11.8 Å². The van der Waals surface area contributed by atoms with Crippen molar-refractivity contribution in [3.05, 3.63) is 41.5 Å². The fourth-order valence-electron chi connectivity index (χ4n) is 3.00. The minimum absolute atomic E-state index is 0.730. The third kappa shape index (κ3) is 3.35. The summed E-state index contributed by atoms with van der Waals surface area (Å²) in [6.45, 7) is 0.